The Morgan fingerprint density at radius 3 is 3.07 bits per heavy atom. The number of aromatic nitrogens is 1. The van der Waals surface area contributed by atoms with Crippen molar-refractivity contribution in [1.29, 1.82) is 0 Å². The first-order valence-electron chi connectivity index (χ1n) is 5.22. The topological polar surface area (TPSA) is 4.93 Å². The van der Waals surface area contributed by atoms with Crippen LogP contribution in [-0.4, -0.2) is 12.4 Å². The molecule has 3 rings (SSSR count). The van der Waals surface area contributed by atoms with Crippen molar-refractivity contribution < 1.29 is 4.39 Å². The number of hydrogen-bond donors (Lipinski definition) is 0. The maximum absolute atomic E-state index is 13.4. The van der Waals surface area contributed by atoms with Crippen LogP contribution in [0.1, 0.15) is 12.5 Å². The fourth-order valence-corrected chi connectivity index (χ4v) is 2.59. The van der Waals surface area contributed by atoms with Gasteiger partial charge in [0.05, 0.1) is 5.52 Å². The third kappa shape index (κ3) is 1.22. The highest BCUT2D eigenvalue weighted by Gasteiger charge is 2.19. The summed E-state index contributed by atoms with van der Waals surface area (Å²) >= 11 is 0. The van der Waals surface area contributed by atoms with Crippen LogP contribution in [0.2, 0.25) is 0 Å². The lowest BCUT2D eigenvalue weighted by molar-refractivity contribution is 0.470. The van der Waals surface area contributed by atoms with Gasteiger partial charge in [-0.2, -0.15) is 0 Å². The first kappa shape index (κ1) is 9.02. The standard InChI is InChI=1S/C12H11BFN/c1-7-2-8-3-9(14)4-10-11(13)6-15(5-7)12(8)10/h3-4,6-7H,2,5H2,1H3. The molecule has 0 spiro atoms. The third-order valence-corrected chi connectivity index (χ3v) is 3.12. The summed E-state index contributed by atoms with van der Waals surface area (Å²) in [5, 5.41) is 0.858. The van der Waals surface area contributed by atoms with E-state index in [9.17, 15) is 4.39 Å². The van der Waals surface area contributed by atoms with Crippen LogP contribution in [0.3, 0.4) is 0 Å². The van der Waals surface area contributed by atoms with E-state index < -0.39 is 0 Å². The SMILES string of the molecule is [B]c1cn2c3c(cc(F)cc13)CC(C)C2. The molecule has 0 N–H and O–H groups in total. The first-order valence-corrected chi connectivity index (χ1v) is 5.22. The van der Waals surface area contributed by atoms with Crippen molar-refractivity contribution in [2.75, 3.05) is 0 Å². The Bertz CT molecular complexity index is 544. The molecule has 2 heterocycles. The van der Waals surface area contributed by atoms with Gasteiger partial charge in [0.2, 0.25) is 0 Å². The second-order valence-corrected chi connectivity index (χ2v) is 4.51. The number of rotatable bonds is 0. The lowest BCUT2D eigenvalue weighted by Crippen LogP contribution is -2.15. The van der Waals surface area contributed by atoms with Gasteiger partial charge in [0.1, 0.15) is 13.7 Å². The Labute approximate surface area is 89.3 Å². The van der Waals surface area contributed by atoms with Crippen molar-refractivity contribution >= 4 is 24.2 Å². The third-order valence-electron chi connectivity index (χ3n) is 3.12. The second-order valence-electron chi connectivity index (χ2n) is 4.51. The maximum atomic E-state index is 13.4. The van der Waals surface area contributed by atoms with Gasteiger partial charge in [0.25, 0.3) is 0 Å². The van der Waals surface area contributed by atoms with Gasteiger partial charge in [-0.25, -0.2) is 4.39 Å². The van der Waals surface area contributed by atoms with E-state index in [4.69, 9.17) is 7.85 Å². The molecule has 2 aromatic rings. The Balaban J connectivity index is 2.41. The molecule has 15 heavy (non-hydrogen) atoms. The Morgan fingerprint density at radius 2 is 2.27 bits per heavy atom. The summed E-state index contributed by atoms with van der Waals surface area (Å²) in [6.45, 7) is 3.15. The molecule has 0 saturated heterocycles. The zero-order valence-electron chi connectivity index (χ0n) is 8.63. The average molecular weight is 199 g/mol. The molecule has 74 valence electrons. The molecule has 0 amide bonds. The normalized spacial score (nSPS) is 19.7. The van der Waals surface area contributed by atoms with Gasteiger partial charge in [-0.1, -0.05) is 12.4 Å². The monoisotopic (exact) mass is 199 g/mol. The van der Waals surface area contributed by atoms with E-state index in [1.165, 1.54) is 6.07 Å². The zero-order valence-corrected chi connectivity index (χ0v) is 8.63. The van der Waals surface area contributed by atoms with Gasteiger partial charge < -0.3 is 4.57 Å². The highest BCUT2D eigenvalue weighted by molar-refractivity contribution is 6.39. The molecule has 1 aromatic carbocycles. The summed E-state index contributed by atoms with van der Waals surface area (Å²) in [5.41, 5.74) is 2.88. The van der Waals surface area contributed by atoms with Crippen molar-refractivity contribution in [2.24, 2.45) is 5.92 Å². The lowest BCUT2D eigenvalue weighted by Gasteiger charge is -2.21. The van der Waals surface area contributed by atoms with E-state index in [2.05, 4.69) is 11.5 Å². The minimum absolute atomic E-state index is 0.184. The fourth-order valence-electron chi connectivity index (χ4n) is 2.59. The average Bonchev–Trinajstić information content (AvgIpc) is 2.43. The van der Waals surface area contributed by atoms with Gasteiger partial charge in [-0.05, 0) is 41.6 Å². The molecule has 1 nitrogen and oxygen atoms in total. The smallest absolute Gasteiger partial charge is 0.124 e. The quantitative estimate of drug-likeness (QED) is 0.569. The van der Waals surface area contributed by atoms with Crippen molar-refractivity contribution in [3.8, 4) is 0 Å². The molecule has 1 atom stereocenters. The van der Waals surface area contributed by atoms with E-state index >= 15 is 0 Å². The minimum atomic E-state index is -0.184. The summed E-state index contributed by atoms with van der Waals surface area (Å²) in [6, 6.07) is 3.16. The van der Waals surface area contributed by atoms with E-state index in [0.717, 1.165) is 29.4 Å². The van der Waals surface area contributed by atoms with Crippen LogP contribution >= 0.6 is 0 Å². The van der Waals surface area contributed by atoms with Gasteiger partial charge in [-0.15, -0.1) is 0 Å². The van der Waals surface area contributed by atoms with Gasteiger partial charge in [0, 0.05) is 6.54 Å². The summed E-state index contributed by atoms with van der Waals surface area (Å²) in [6.07, 6.45) is 2.86. The minimum Gasteiger partial charge on any atom is -0.348 e. The van der Waals surface area contributed by atoms with Crippen LogP contribution in [0.5, 0.6) is 0 Å². The zero-order chi connectivity index (χ0) is 10.6. The molecule has 1 unspecified atom stereocenters. The van der Waals surface area contributed by atoms with Gasteiger partial charge in [0.15, 0.2) is 0 Å². The van der Waals surface area contributed by atoms with Gasteiger partial charge in [-0.3, -0.25) is 0 Å². The summed E-state index contributed by atoms with van der Waals surface area (Å²) < 4.78 is 15.5. The molecular weight excluding hydrogens is 188 g/mol. The van der Waals surface area contributed by atoms with Crippen LogP contribution in [0.15, 0.2) is 18.3 Å². The number of benzene rings is 1. The van der Waals surface area contributed by atoms with Crippen LogP contribution in [0.4, 0.5) is 4.39 Å². The second kappa shape index (κ2) is 2.88. The number of hydrogen-bond acceptors (Lipinski definition) is 0. The Hall–Kier alpha value is -1.25. The van der Waals surface area contributed by atoms with Crippen LogP contribution < -0.4 is 5.46 Å². The van der Waals surface area contributed by atoms with Gasteiger partial charge >= 0.3 is 0 Å². The Kier molecular flexibility index (Phi) is 1.73. The molecule has 0 fully saturated rings. The summed E-state index contributed by atoms with van der Waals surface area (Å²) in [4.78, 5) is 0. The molecular formula is C12H11BFN. The van der Waals surface area contributed by atoms with Crippen LogP contribution in [0.25, 0.3) is 10.9 Å². The summed E-state index contributed by atoms with van der Waals surface area (Å²) in [7, 11) is 5.88. The highest BCUT2D eigenvalue weighted by atomic mass is 19.1. The summed E-state index contributed by atoms with van der Waals surface area (Å²) in [5.74, 6) is 0.366. The van der Waals surface area contributed by atoms with Crippen molar-refractivity contribution in [1.82, 2.24) is 4.57 Å². The van der Waals surface area contributed by atoms with Crippen molar-refractivity contribution in [3.05, 3.63) is 29.7 Å². The molecule has 1 aliphatic rings. The largest absolute Gasteiger partial charge is 0.348 e. The van der Waals surface area contributed by atoms with Crippen molar-refractivity contribution in [3.63, 3.8) is 0 Å². The molecule has 0 saturated carbocycles. The predicted molar refractivity (Wildman–Crippen MR) is 60.2 cm³/mol. The lowest BCUT2D eigenvalue weighted by atomic mass is 9.92. The fraction of sp³-hybridized carbons (Fsp3) is 0.333. The van der Waals surface area contributed by atoms with E-state index in [0.29, 0.717) is 11.4 Å². The first-order chi connectivity index (χ1) is 7.15. The number of halogens is 1. The molecule has 3 heteroatoms. The molecule has 0 bridgehead atoms. The molecule has 1 aliphatic heterocycles. The van der Waals surface area contributed by atoms with E-state index in [1.807, 2.05) is 6.20 Å². The maximum Gasteiger partial charge on any atom is 0.124 e. The Morgan fingerprint density at radius 1 is 1.47 bits per heavy atom. The molecule has 2 radical (unpaired) electrons. The molecule has 0 aliphatic carbocycles. The van der Waals surface area contributed by atoms with E-state index in [1.54, 1.807) is 6.07 Å². The number of nitrogens with zero attached hydrogens (tertiary/aromatic N) is 1. The predicted octanol–water partition coefficient (Wildman–Crippen LogP) is 1.77. The molecule has 1 aromatic heterocycles. The van der Waals surface area contributed by atoms with Crippen LogP contribution in [-0.2, 0) is 13.0 Å². The van der Waals surface area contributed by atoms with Crippen LogP contribution in [0, 0.1) is 11.7 Å². The van der Waals surface area contributed by atoms with Crippen molar-refractivity contribution in [2.45, 2.75) is 19.9 Å². The van der Waals surface area contributed by atoms with E-state index in [-0.39, 0.29) is 5.82 Å². The highest BCUT2D eigenvalue weighted by Crippen LogP contribution is 2.28.